The van der Waals surface area contributed by atoms with Crippen LogP contribution in [0.1, 0.15) is 108 Å². The number of ether oxygens (including phenoxy) is 1. The molecule has 8 heteroatoms. The number of rotatable bonds is 21. The molecule has 0 spiro atoms. The first-order chi connectivity index (χ1) is 18.3. The summed E-state index contributed by atoms with van der Waals surface area (Å²) in [7, 11) is -3.39. The Kier molecular flexibility index (Phi) is 19.4. The van der Waals surface area contributed by atoms with Crippen LogP contribution in [0.4, 0.5) is 0 Å². The minimum absolute atomic E-state index is 0. The SMILES string of the molecule is CCCCCCCCCCCCCCOc1ccc(CN(Cc2cc[n+](CCC)cc2)S(C)(=O)=O)cc1Cl.[I-]. The zero-order valence-electron chi connectivity index (χ0n) is 24.3. The minimum atomic E-state index is -3.39. The number of aromatic nitrogens is 1. The van der Waals surface area contributed by atoms with Gasteiger partial charge in [0.2, 0.25) is 10.0 Å². The van der Waals surface area contributed by atoms with Gasteiger partial charge in [-0.3, -0.25) is 0 Å². The van der Waals surface area contributed by atoms with E-state index in [1.54, 1.807) is 0 Å². The van der Waals surface area contributed by atoms with Crippen LogP contribution < -0.4 is 33.3 Å². The zero-order valence-corrected chi connectivity index (χ0v) is 28.1. The Hall–Kier alpha value is -0.900. The maximum Gasteiger partial charge on any atom is 0.211 e. The van der Waals surface area contributed by atoms with Crippen LogP contribution in [0.25, 0.3) is 0 Å². The first-order valence-electron chi connectivity index (χ1n) is 14.7. The molecular formula is C31H50ClIN2O3S. The van der Waals surface area contributed by atoms with Gasteiger partial charge in [-0.25, -0.2) is 13.0 Å². The van der Waals surface area contributed by atoms with Crippen LogP contribution >= 0.6 is 11.6 Å². The van der Waals surface area contributed by atoms with E-state index in [0.29, 0.717) is 23.9 Å². The first-order valence-corrected chi connectivity index (χ1v) is 16.9. The molecule has 2 aromatic rings. The van der Waals surface area contributed by atoms with E-state index in [-0.39, 0.29) is 30.5 Å². The summed E-state index contributed by atoms with van der Waals surface area (Å²) in [5.41, 5.74) is 1.80. The second kappa shape index (κ2) is 20.9. The van der Waals surface area contributed by atoms with Gasteiger partial charge in [-0.1, -0.05) is 102 Å². The van der Waals surface area contributed by atoms with Crippen LogP contribution in [-0.4, -0.2) is 25.6 Å². The fraction of sp³-hybridized carbons (Fsp3) is 0.645. The van der Waals surface area contributed by atoms with Crippen molar-refractivity contribution < 1.29 is 41.7 Å². The standard InChI is InChI=1S/C31H50ClN2O3S.HI/c1-4-6-7-8-9-10-11-12-13-14-15-16-24-37-31-18-17-29(25-30(31)32)27-34(38(3,35)36)26-28-19-22-33(21-5-2)23-20-28;/h17-20,22-23,25H,4-16,21,24,26-27H2,1-3H3;1H/q+1;/p-1. The molecule has 0 fully saturated rings. The van der Waals surface area contributed by atoms with Gasteiger partial charge in [0.15, 0.2) is 12.4 Å². The van der Waals surface area contributed by atoms with Crippen LogP contribution in [-0.2, 0) is 29.7 Å². The van der Waals surface area contributed by atoms with Gasteiger partial charge in [0.1, 0.15) is 12.3 Å². The Morgan fingerprint density at radius 2 is 1.31 bits per heavy atom. The van der Waals surface area contributed by atoms with E-state index < -0.39 is 10.0 Å². The quantitative estimate of drug-likeness (QED) is 0.104. The lowest BCUT2D eigenvalue weighted by molar-refractivity contribution is -0.697. The number of benzene rings is 1. The van der Waals surface area contributed by atoms with E-state index in [9.17, 15) is 8.42 Å². The van der Waals surface area contributed by atoms with Gasteiger partial charge in [0, 0.05) is 31.6 Å². The second-order valence-electron chi connectivity index (χ2n) is 10.5. The molecule has 0 aliphatic rings. The van der Waals surface area contributed by atoms with Crippen molar-refractivity contribution in [1.29, 1.82) is 0 Å². The van der Waals surface area contributed by atoms with Crippen molar-refractivity contribution in [2.75, 3.05) is 12.9 Å². The van der Waals surface area contributed by atoms with E-state index in [1.807, 2.05) is 42.7 Å². The van der Waals surface area contributed by atoms with Crippen molar-refractivity contribution in [3.8, 4) is 5.75 Å². The molecule has 5 nitrogen and oxygen atoms in total. The number of sulfonamides is 1. The molecular weight excluding hydrogens is 643 g/mol. The highest BCUT2D eigenvalue weighted by Crippen LogP contribution is 2.27. The number of halogens is 2. The number of aryl methyl sites for hydroxylation is 1. The van der Waals surface area contributed by atoms with E-state index >= 15 is 0 Å². The molecule has 0 N–H and O–H groups in total. The largest absolute Gasteiger partial charge is 1.00 e. The maximum atomic E-state index is 12.5. The molecule has 0 aliphatic heterocycles. The summed E-state index contributed by atoms with van der Waals surface area (Å²) in [6, 6.07) is 9.54. The van der Waals surface area contributed by atoms with E-state index in [1.165, 1.54) is 81.2 Å². The number of pyridine rings is 1. The van der Waals surface area contributed by atoms with Gasteiger partial charge >= 0.3 is 0 Å². The Balaban J connectivity index is 0.00000760. The Labute approximate surface area is 260 Å². The van der Waals surface area contributed by atoms with Gasteiger partial charge in [0.25, 0.3) is 0 Å². The van der Waals surface area contributed by atoms with E-state index in [0.717, 1.165) is 30.5 Å². The van der Waals surface area contributed by atoms with Crippen LogP contribution in [0.3, 0.4) is 0 Å². The van der Waals surface area contributed by atoms with Crippen molar-refractivity contribution in [1.82, 2.24) is 4.31 Å². The summed E-state index contributed by atoms with van der Waals surface area (Å²) >= 11 is 6.49. The summed E-state index contributed by atoms with van der Waals surface area (Å²) in [5, 5.41) is 0.523. The fourth-order valence-electron chi connectivity index (χ4n) is 4.58. The van der Waals surface area contributed by atoms with Crippen molar-refractivity contribution in [3.63, 3.8) is 0 Å². The highest BCUT2D eigenvalue weighted by atomic mass is 127. The molecule has 0 atom stereocenters. The number of unbranched alkanes of at least 4 members (excludes halogenated alkanes) is 11. The van der Waals surface area contributed by atoms with Gasteiger partial charge < -0.3 is 28.7 Å². The smallest absolute Gasteiger partial charge is 0.211 e. The lowest BCUT2D eigenvalue weighted by Crippen LogP contribution is -3.00. The Morgan fingerprint density at radius 3 is 1.82 bits per heavy atom. The molecule has 39 heavy (non-hydrogen) atoms. The van der Waals surface area contributed by atoms with E-state index in [4.69, 9.17) is 16.3 Å². The van der Waals surface area contributed by atoms with Crippen LogP contribution in [0.15, 0.2) is 42.7 Å². The number of nitrogens with zero attached hydrogens (tertiary/aromatic N) is 2. The van der Waals surface area contributed by atoms with E-state index in [2.05, 4.69) is 18.4 Å². The fourth-order valence-corrected chi connectivity index (χ4v) is 5.61. The lowest BCUT2D eigenvalue weighted by Gasteiger charge is -2.20. The van der Waals surface area contributed by atoms with Crippen LogP contribution in [0.5, 0.6) is 5.75 Å². The molecule has 0 radical (unpaired) electrons. The molecule has 0 aliphatic carbocycles. The molecule has 0 unspecified atom stereocenters. The minimum Gasteiger partial charge on any atom is -1.00 e. The molecule has 0 saturated carbocycles. The molecule has 0 saturated heterocycles. The highest BCUT2D eigenvalue weighted by Gasteiger charge is 2.19. The average Bonchev–Trinajstić information content (AvgIpc) is 2.88. The van der Waals surface area contributed by atoms with Crippen molar-refractivity contribution >= 4 is 21.6 Å². The molecule has 1 aromatic heterocycles. The van der Waals surface area contributed by atoms with Crippen molar-refractivity contribution in [2.45, 2.75) is 117 Å². The molecule has 0 bridgehead atoms. The van der Waals surface area contributed by atoms with Gasteiger partial charge in [-0.05, 0) is 29.7 Å². The topological polar surface area (TPSA) is 50.5 Å². The lowest BCUT2D eigenvalue weighted by atomic mass is 10.1. The summed E-state index contributed by atoms with van der Waals surface area (Å²) in [5.74, 6) is 0.660. The van der Waals surface area contributed by atoms with Crippen LogP contribution in [0, 0.1) is 0 Å². The second-order valence-corrected chi connectivity index (χ2v) is 12.9. The third-order valence-electron chi connectivity index (χ3n) is 6.88. The Morgan fingerprint density at radius 1 is 0.769 bits per heavy atom. The van der Waals surface area contributed by atoms with Crippen molar-refractivity contribution in [3.05, 3.63) is 58.9 Å². The predicted molar refractivity (Wildman–Crippen MR) is 159 cm³/mol. The third kappa shape index (κ3) is 15.6. The predicted octanol–water partition coefficient (Wildman–Crippen LogP) is 5.08. The van der Waals surface area contributed by atoms with Gasteiger partial charge in [0.05, 0.1) is 17.9 Å². The number of hydrogen-bond acceptors (Lipinski definition) is 3. The Bertz CT molecular complexity index is 1020. The normalized spacial score (nSPS) is 11.5. The average molecular weight is 693 g/mol. The van der Waals surface area contributed by atoms with Crippen LogP contribution in [0.2, 0.25) is 5.02 Å². The highest BCUT2D eigenvalue weighted by molar-refractivity contribution is 7.88. The third-order valence-corrected chi connectivity index (χ3v) is 8.37. The molecule has 0 amide bonds. The first kappa shape index (κ1) is 36.1. The summed E-state index contributed by atoms with van der Waals surface area (Å²) in [6.45, 7) is 6.58. The summed E-state index contributed by atoms with van der Waals surface area (Å²) in [4.78, 5) is 0. The maximum absolute atomic E-state index is 12.5. The molecule has 2 rings (SSSR count). The molecule has 222 valence electrons. The molecule has 1 aromatic carbocycles. The van der Waals surface area contributed by atoms with Gasteiger partial charge in [-0.2, -0.15) is 4.31 Å². The molecule has 1 heterocycles. The summed E-state index contributed by atoms with van der Waals surface area (Å²) < 4.78 is 34.4. The monoisotopic (exact) mass is 692 g/mol. The number of hydrogen-bond donors (Lipinski definition) is 0. The van der Waals surface area contributed by atoms with Gasteiger partial charge in [-0.15, -0.1) is 0 Å². The zero-order chi connectivity index (χ0) is 27.6. The van der Waals surface area contributed by atoms with Crippen molar-refractivity contribution in [2.24, 2.45) is 0 Å². The summed E-state index contributed by atoms with van der Waals surface area (Å²) in [6.07, 6.45) is 22.1.